The van der Waals surface area contributed by atoms with Crippen molar-refractivity contribution in [2.75, 3.05) is 18.2 Å². The van der Waals surface area contributed by atoms with Crippen LogP contribution in [0.4, 0.5) is 8.78 Å². The van der Waals surface area contributed by atoms with Crippen LogP contribution in [-0.2, 0) is 4.74 Å². The van der Waals surface area contributed by atoms with Crippen molar-refractivity contribution in [2.45, 2.75) is 63.1 Å². The van der Waals surface area contributed by atoms with Crippen LogP contribution in [0.15, 0.2) is 35.3 Å². The van der Waals surface area contributed by atoms with Crippen LogP contribution in [0.1, 0.15) is 61.5 Å². The molecule has 1 aliphatic carbocycles. The normalized spacial score (nSPS) is 21.0. The second-order valence-electron chi connectivity index (χ2n) is 9.63. The second-order valence-corrected chi connectivity index (χ2v) is 9.63. The van der Waals surface area contributed by atoms with Crippen LogP contribution in [0.3, 0.4) is 0 Å². The Morgan fingerprint density at radius 3 is 2.64 bits per heavy atom. The molecule has 0 radical (unpaired) electrons. The molecule has 0 spiro atoms. The number of nitrogens with zero attached hydrogens (tertiary/aromatic N) is 2. The van der Waals surface area contributed by atoms with E-state index in [2.05, 4.69) is 18.9 Å². The minimum absolute atomic E-state index is 0.0271. The van der Waals surface area contributed by atoms with Gasteiger partial charge in [-0.15, -0.1) is 0 Å². The Hall–Kier alpha value is -2.94. The van der Waals surface area contributed by atoms with Crippen molar-refractivity contribution in [1.82, 2.24) is 4.68 Å². The summed E-state index contributed by atoms with van der Waals surface area (Å²) in [6, 6.07) is 7.04. The highest BCUT2D eigenvalue weighted by atomic mass is 19.3. The predicted octanol–water partition coefficient (Wildman–Crippen LogP) is 3.97. The summed E-state index contributed by atoms with van der Waals surface area (Å²) in [6.45, 7) is 4.71. The van der Waals surface area contributed by atoms with E-state index in [1.807, 2.05) is 12.1 Å². The highest BCUT2D eigenvalue weighted by molar-refractivity contribution is 5.88. The maximum Gasteiger partial charge on any atom is 0.341 e. The van der Waals surface area contributed by atoms with Gasteiger partial charge in [-0.05, 0) is 56.9 Å². The molecule has 2 fully saturated rings. The number of fused-ring (bicyclic) bond motifs is 6. The molecule has 1 N–H and O–H groups in total. The van der Waals surface area contributed by atoms with Crippen LogP contribution < -0.4 is 15.2 Å². The summed E-state index contributed by atoms with van der Waals surface area (Å²) in [7, 11) is 0. The average Bonchev–Trinajstić information content (AvgIpc) is 3.54. The topological polar surface area (TPSA) is 81.0 Å². The lowest BCUT2D eigenvalue weighted by atomic mass is 9.76. The Kier molecular flexibility index (Phi) is 5.00. The van der Waals surface area contributed by atoms with Crippen LogP contribution in [0, 0.1) is 0 Å². The molecular weight excluding hydrogens is 434 g/mol. The zero-order chi connectivity index (χ0) is 23.5. The first-order valence-corrected chi connectivity index (χ1v) is 11.1. The summed E-state index contributed by atoms with van der Waals surface area (Å²) < 4.78 is 38.8. The molecule has 5 rings (SSSR count). The van der Waals surface area contributed by atoms with E-state index in [4.69, 9.17) is 9.47 Å². The van der Waals surface area contributed by atoms with Crippen LogP contribution in [-0.4, -0.2) is 46.5 Å². The van der Waals surface area contributed by atoms with Crippen molar-refractivity contribution in [1.29, 1.82) is 0 Å². The number of aromatic carboxylic acids is 1. The number of rotatable bonds is 8. The Morgan fingerprint density at radius 2 is 2.00 bits per heavy atom. The summed E-state index contributed by atoms with van der Waals surface area (Å²) in [5.41, 5.74) is 0.285. The van der Waals surface area contributed by atoms with E-state index >= 15 is 0 Å². The van der Waals surface area contributed by atoms with Crippen molar-refractivity contribution in [3.05, 3.63) is 51.8 Å². The van der Waals surface area contributed by atoms with Gasteiger partial charge in [-0.2, -0.15) is 0 Å². The lowest BCUT2D eigenvalue weighted by Crippen LogP contribution is -2.65. The van der Waals surface area contributed by atoms with E-state index in [1.165, 1.54) is 12.3 Å². The number of carbonyl (C=O) groups is 1. The highest BCUT2D eigenvalue weighted by Gasteiger charge is 2.52. The molecule has 3 aliphatic rings. The molecule has 3 heterocycles. The molecule has 1 unspecified atom stereocenters. The fourth-order valence-corrected chi connectivity index (χ4v) is 4.92. The maximum atomic E-state index is 12.9. The van der Waals surface area contributed by atoms with E-state index in [-0.39, 0.29) is 23.8 Å². The molecule has 9 heteroatoms. The van der Waals surface area contributed by atoms with Crippen LogP contribution in [0.2, 0.25) is 0 Å². The van der Waals surface area contributed by atoms with Gasteiger partial charge in [0.15, 0.2) is 5.43 Å². The minimum atomic E-state index is -2.45. The third kappa shape index (κ3) is 3.58. The van der Waals surface area contributed by atoms with Crippen molar-refractivity contribution in [3.63, 3.8) is 0 Å². The molecule has 1 atom stereocenters. The number of benzene rings is 1. The Bertz CT molecular complexity index is 1170. The predicted molar refractivity (Wildman–Crippen MR) is 117 cm³/mol. The van der Waals surface area contributed by atoms with Gasteiger partial charge in [-0.25, -0.2) is 13.6 Å². The SMILES string of the molecule is CC1(C)CC2c3cc(OCCCOC4(C(F)F)CC4)ccc3-c3cc(=O)c(C(=O)O)cn3N21. The molecule has 2 aliphatic heterocycles. The molecule has 2 aromatic rings. The average molecular weight is 460 g/mol. The standard InChI is InChI=1S/C24H26F2N2O5/c1-23(2)12-19-16-10-14(32-8-3-9-33-24(6-7-24)22(25)26)4-5-15(16)18-11-20(29)17(21(30)31)13-27(18)28(19)23/h4-5,10-11,13,19,22H,3,6-9,12H2,1-2H3,(H,30,31). The summed E-state index contributed by atoms with van der Waals surface area (Å²) in [5.74, 6) is -0.587. The van der Waals surface area contributed by atoms with Crippen molar-refractivity contribution >= 4 is 5.97 Å². The number of hydrogen-bond acceptors (Lipinski definition) is 5. The number of pyridine rings is 1. The fraction of sp³-hybridized carbons (Fsp3) is 0.500. The molecule has 176 valence electrons. The first-order chi connectivity index (χ1) is 15.6. The monoisotopic (exact) mass is 460 g/mol. The van der Waals surface area contributed by atoms with Crippen molar-refractivity contribution < 1.29 is 28.2 Å². The van der Waals surface area contributed by atoms with Crippen LogP contribution in [0.5, 0.6) is 5.75 Å². The van der Waals surface area contributed by atoms with Gasteiger partial charge in [0.2, 0.25) is 0 Å². The van der Waals surface area contributed by atoms with Gasteiger partial charge in [0, 0.05) is 24.2 Å². The Morgan fingerprint density at radius 1 is 1.24 bits per heavy atom. The fourth-order valence-electron chi connectivity index (χ4n) is 4.92. The van der Waals surface area contributed by atoms with Gasteiger partial charge in [0.25, 0.3) is 6.43 Å². The second kappa shape index (κ2) is 7.55. The Labute approximate surface area is 189 Å². The molecule has 0 amide bonds. The number of carboxylic acid groups (broad SMARTS) is 1. The zero-order valence-electron chi connectivity index (χ0n) is 18.5. The van der Waals surface area contributed by atoms with Gasteiger partial charge < -0.3 is 14.6 Å². The molecule has 1 saturated heterocycles. The zero-order valence-corrected chi connectivity index (χ0v) is 18.5. The van der Waals surface area contributed by atoms with Gasteiger partial charge >= 0.3 is 5.97 Å². The smallest absolute Gasteiger partial charge is 0.341 e. The number of hydrogen-bond donors (Lipinski definition) is 1. The van der Waals surface area contributed by atoms with E-state index < -0.39 is 23.4 Å². The summed E-state index contributed by atoms with van der Waals surface area (Å²) >= 11 is 0. The number of aromatic nitrogens is 1. The molecule has 1 aromatic carbocycles. The first kappa shape index (κ1) is 21.9. The molecule has 33 heavy (non-hydrogen) atoms. The van der Waals surface area contributed by atoms with Crippen LogP contribution >= 0.6 is 0 Å². The third-order valence-electron chi connectivity index (χ3n) is 6.85. The maximum absolute atomic E-state index is 12.9. The van der Waals surface area contributed by atoms with Gasteiger partial charge in [0.05, 0.1) is 30.5 Å². The molecular formula is C24H26F2N2O5. The summed E-state index contributed by atoms with van der Waals surface area (Å²) in [4.78, 5) is 23.9. The minimum Gasteiger partial charge on any atom is -0.493 e. The van der Waals surface area contributed by atoms with E-state index in [1.54, 1.807) is 10.7 Å². The van der Waals surface area contributed by atoms with Gasteiger partial charge in [-0.1, -0.05) is 0 Å². The van der Waals surface area contributed by atoms with E-state index in [9.17, 15) is 23.5 Å². The number of ether oxygens (including phenoxy) is 2. The summed E-state index contributed by atoms with van der Waals surface area (Å²) in [5, 5.41) is 11.5. The lowest BCUT2D eigenvalue weighted by Gasteiger charge is -2.60. The van der Waals surface area contributed by atoms with Gasteiger partial charge in [-0.3, -0.25) is 14.5 Å². The van der Waals surface area contributed by atoms with Crippen molar-refractivity contribution in [2.24, 2.45) is 0 Å². The first-order valence-electron chi connectivity index (χ1n) is 11.1. The molecule has 7 nitrogen and oxygen atoms in total. The quantitative estimate of drug-likeness (QED) is 0.601. The van der Waals surface area contributed by atoms with E-state index in [0.29, 0.717) is 37.3 Å². The lowest BCUT2D eigenvalue weighted by molar-refractivity contribution is -0.0772. The summed E-state index contributed by atoms with van der Waals surface area (Å²) in [6.07, 6.45) is 1.14. The molecule has 1 aromatic heterocycles. The largest absolute Gasteiger partial charge is 0.493 e. The number of carboxylic acids is 1. The van der Waals surface area contributed by atoms with Crippen molar-refractivity contribution in [3.8, 4) is 17.0 Å². The number of halogens is 2. The highest BCUT2D eigenvalue weighted by Crippen LogP contribution is 2.51. The molecule has 0 bridgehead atoms. The third-order valence-corrected chi connectivity index (χ3v) is 6.85. The van der Waals surface area contributed by atoms with E-state index in [0.717, 1.165) is 17.5 Å². The van der Waals surface area contributed by atoms with Crippen LogP contribution in [0.25, 0.3) is 11.3 Å². The number of alkyl halides is 2. The molecule has 1 saturated carbocycles. The Balaban J connectivity index is 1.35. The van der Waals surface area contributed by atoms with Gasteiger partial charge in [0.1, 0.15) is 16.9 Å².